The molecule has 2 N–H and O–H groups in total. The Balaban J connectivity index is 1.86. The fourth-order valence-electron chi connectivity index (χ4n) is 2.90. The molecule has 0 heterocycles. The number of rotatable bonds is 7. The highest BCUT2D eigenvalue weighted by Crippen LogP contribution is 2.40. The third-order valence-corrected chi connectivity index (χ3v) is 4.14. The molecule has 0 atom stereocenters. The molecule has 19 heavy (non-hydrogen) atoms. The van der Waals surface area contributed by atoms with Crippen molar-refractivity contribution in [3.63, 3.8) is 0 Å². The van der Waals surface area contributed by atoms with Crippen LogP contribution in [0.3, 0.4) is 0 Å². The van der Waals surface area contributed by atoms with Crippen molar-refractivity contribution in [2.24, 2.45) is 11.1 Å². The van der Waals surface area contributed by atoms with Gasteiger partial charge in [0.1, 0.15) is 5.75 Å². The van der Waals surface area contributed by atoms with E-state index in [-0.39, 0.29) is 0 Å². The van der Waals surface area contributed by atoms with E-state index in [1.807, 2.05) is 6.92 Å². The molecular formula is C16H26N2O. The molecule has 0 unspecified atom stereocenters. The fraction of sp³-hybridized carbons (Fsp3) is 0.625. The van der Waals surface area contributed by atoms with E-state index in [0.717, 1.165) is 32.0 Å². The highest BCUT2D eigenvalue weighted by molar-refractivity contribution is 5.27. The van der Waals surface area contributed by atoms with Crippen molar-refractivity contribution in [2.45, 2.75) is 32.7 Å². The van der Waals surface area contributed by atoms with Crippen LogP contribution < -0.4 is 10.5 Å². The largest absolute Gasteiger partial charge is 0.494 e. The summed E-state index contributed by atoms with van der Waals surface area (Å²) in [5.41, 5.74) is 7.64. The van der Waals surface area contributed by atoms with Crippen molar-refractivity contribution in [3.05, 3.63) is 29.8 Å². The van der Waals surface area contributed by atoms with Crippen LogP contribution in [-0.2, 0) is 6.54 Å². The Morgan fingerprint density at radius 2 is 1.95 bits per heavy atom. The molecule has 0 aliphatic heterocycles. The zero-order valence-electron chi connectivity index (χ0n) is 12.2. The summed E-state index contributed by atoms with van der Waals surface area (Å²) < 4.78 is 5.46. The van der Waals surface area contributed by atoms with Gasteiger partial charge in [0, 0.05) is 13.1 Å². The summed E-state index contributed by atoms with van der Waals surface area (Å²) in [4.78, 5) is 2.39. The summed E-state index contributed by atoms with van der Waals surface area (Å²) in [6, 6.07) is 8.40. The molecule has 1 aromatic carbocycles. The predicted molar refractivity (Wildman–Crippen MR) is 79.3 cm³/mol. The molecule has 0 aromatic heterocycles. The van der Waals surface area contributed by atoms with Gasteiger partial charge < -0.3 is 15.4 Å². The average Bonchev–Trinajstić information content (AvgIpc) is 2.37. The summed E-state index contributed by atoms with van der Waals surface area (Å²) >= 11 is 0. The van der Waals surface area contributed by atoms with Crippen molar-refractivity contribution >= 4 is 0 Å². The molecule has 1 fully saturated rings. The highest BCUT2D eigenvalue weighted by atomic mass is 16.5. The van der Waals surface area contributed by atoms with Crippen molar-refractivity contribution in [1.29, 1.82) is 0 Å². The lowest BCUT2D eigenvalue weighted by Crippen LogP contribution is -2.45. The maximum absolute atomic E-state index is 5.92. The Hall–Kier alpha value is -1.06. The number of nitrogens with zero attached hydrogens (tertiary/aromatic N) is 1. The van der Waals surface area contributed by atoms with Crippen LogP contribution in [0.2, 0.25) is 0 Å². The maximum Gasteiger partial charge on any atom is 0.119 e. The Morgan fingerprint density at radius 1 is 1.26 bits per heavy atom. The molecular weight excluding hydrogens is 236 g/mol. The van der Waals surface area contributed by atoms with Gasteiger partial charge in [-0.25, -0.2) is 0 Å². The van der Waals surface area contributed by atoms with Gasteiger partial charge in [0.2, 0.25) is 0 Å². The van der Waals surface area contributed by atoms with Crippen molar-refractivity contribution in [3.8, 4) is 5.75 Å². The minimum Gasteiger partial charge on any atom is -0.494 e. The van der Waals surface area contributed by atoms with Crippen LogP contribution in [0.4, 0.5) is 0 Å². The smallest absolute Gasteiger partial charge is 0.119 e. The van der Waals surface area contributed by atoms with Gasteiger partial charge in [0.05, 0.1) is 6.61 Å². The number of hydrogen-bond acceptors (Lipinski definition) is 3. The third-order valence-electron chi connectivity index (χ3n) is 4.14. The molecule has 1 aliphatic rings. The van der Waals surface area contributed by atoms with E-state index in [4.69, 9.17) is 10.5 Å². The van der Waals surface area contributed by atoms with Crippen LogP contribution >= 0.6 is 0 Å². The molecule has 0 saturated heterocycles. The van der Waals surface area contributed by atoms with Gasteiger partial charge in [-0.15, -0.1) is 0 Å². The van der Waals surface area contributed by atoms with Gasteiger partial charge in [-0.2, -0.15) is 0 Å². The molecule has 3 nitrogen and oxygen atoms in total. The number of nitrogens with two attached hydrogens (primary N) is 1. The minimum atomic E-state index is 0.389. The Labute approximate surface area is 116 Å². The standard InChI is InChI=1S/C16H26N2O/c1-3-19-15-7-5-14(6-8-15)11-18(2)13-16(12-17)9-4-10-16/h5-8H,3-4,9-13,17H2,1-2H3. The first-order valence-electron chi connectivity index (χ1n) is 7.28. The first-order valence-corrected chi connectivity index (χ1v) is 7.28. The maximum atomic E-state index is 5.92. The monoisotopic (exact) mass is 262 g/mol. The summed E-state index contributed by atoms with van der Waals surface area (Å²) in [6.07, 6.45) is 3.92. The molecule has 3 heteroatoms. The van der Waals surface area contributed by atoms with Gasteiger partial charge in [-0.05, 0) is 56.5 Å². The lowest BCUT2D eigenvalue weighted by atomic mass is 9.68. The second kappa shape index (κ2) is 6.40. The lowest BCUT2D eigenvalue weighted by molar-refractivity contribution is 0.0845. The minimum absolute atomic E-state index is 0.389. The zero-order chi connectivity index (χ0) is 13.7. The summed E-state index contributed by atoms with van der Waals surface area (Å²) in [7, 11) is 2.19. The topological polar surface area (TPSA) is 38.5 Å². The second-order valence-corrected chi connectivity index (χ2v) is 5.81. The predicted octanol–water partition coefficient (Wildman–Crippen LogP) is 2.65. The fourth-order valence-corrected chi connectivity index (χ4v) is 2.90. The Morgan fingerprint density at radius 3 is 2.42 bits per heavy atom. The first-order chi connectivity index (χ1) is 9.17. The number of ether oxygens (including phenoxy) is 1. The quantitative estimate of drug-likeness (QED) is 0.821. The van der Waals surface area contributed by atoms with Crippen molar-refractivity contribution in [1.82, 2.24) is 4.90 Å². The normalized spacial score (nSPS) is 17.3. The van der Waals surface area contributed by atoms with Gasteiger partial charge >= 0.3 is 0 Å². The van der Waals surface area contributed by atoms with Crippen LogP contribution in [0.1, 0.15) is 31.7 Å². The van der Waals surface area contributed by atoms with Crippen LogP contribution in [0.5, 0.6) is 5.75 Å². The van der Waals surface area contributed by atoms with Gasteiger partial charge in [0.15, 0.2) is 0 Å². The molecule has 0 amide bonds. The van der Waals surface area contributed by atoms with E-state index in [9.17, 15) is 0 Å². The molecule has 106 valence electrons. The molecule has 0 radical (unpaired) electrons. The lowest BCUT2D eigenvalue weighted by Gasteiger charge is -2.43. The molecule has 1 aliphatic carbocycles. The molecule has 1 saturated carbocycles. The Kier molecular flexibility index (Phi) is 4.83. The highest BCUT2D eigenvalue weighted by Gasteiger charge is 2.36. The third kappa shape index (κ3) is 3.71. The Bertz CT molecular complexity index is 379. The van der Waals surface area contributed by atoms with E-state index >= 15 is 0 Å². The average molecular weight is 262 g/mol. The molecule has 0 bridgehead atoms. The molecule has 2 rings (SSSR count). The zero-order valence-corrected chi connectivity index (χ0v) is 12.2. The number of benzene rings is 1. The van der Waals surface area contributed by atoms with E-state index in [2.05, 4.69) is 36.2 Å². The van der Waals surface area contributed by atoms with E-state index < -0.39 is 0 Å². The van der Waals surface area contributed by atoms with E-state index in [1.165, 1.54) is 24.8 Å². The summed E-state index contributed by atoms with van der Waals surface area (Å²) in [5, 5.41) is 0. The van der Waals surface area contributed by atoms with Crippen molar-refractivity contribution in [2.75, 3.05) is 26.7 Å². The van der Waals surface area contributed by atoms with Crippen LogP contribution in [-0.4, -0.2) is 31.6 Å². The summed E-state index contributed by atoms with van der Waals surface area (Å²) in [5.74, 6) is 0.950. The van der Waals surface area contributed by atoms with Gasteiger partial charge in [-0.1, -0.05) is 18.6 Å². The second-order valence-electron chi connectivity index (χ2n) is 5.81. The van der Waals surface area contributed by atoms with E-state index in [1.54, 1.807) is 0 Å². The van der Waals surface area contributed by atoms with Crippen LogP contribution in [0.15, 0.2) is 24.3 Å². The van der Waals surface area contributed by atoms with Crippen LogP contribution in [0.25, 0.3) is 0 Å². The van der Waals surface area contributed by atoms with E-state index in [0.29, 0.717) is 5.41 Å². The molecule has 0 spiro atoms. The van der Waals surface area contributed by atoms with Crippen molar-refractivity contribution < 1.29 is 4.74 Å². The van der Waals surface area contributed by atoms with Crippen LogP contribution in [0, 0.1) is 5.41 Å². The SMILES string of the molecule is CCOc1ccc(CN(C)CC2(CN)CCC2)cc1. The molecule has 1 aromatic rings. The summed E-state index contributed by atoms with van der Waals surface area (Å²) in [6.45, 7) is 5.64. The van der Waals surface area contributed by atoms with Gasteiger partial charge in [-0.3, -0.25) is 0 Å². The first kappa shape index (κ1) is 14.4. The number of hydrogen-bond donors (Lipinski definition) is 1. The van der Waals surface area contributed by atoms with Gasteiger partial charge in [0.25, 0.3) is 0 Å².